The number of hydrogen-bond donors (Lipinski definition) is 2. The number of fused-ring (bicyclic) bond motifs is 1. The summed E-state index contributed by atoms with van der Waals surface area (Å²) < 4.78 is 40.4. The van der Waals surface area contributed by atoms with Crippen molar-refractivity contribution in [2.45, 2.75) is 76.2 Å². The number of sulfone groups is 1. The summed E-state index contributed by atoms with van der Waals surface area (Å²) in [6.45, 7) is 7.43. The summed E-state index contributed by atoms with van der Waals surface area (Å²) in [6.07, 6.45) is 3.95. The Bertz CT molecular complexity index is 1220. The first-order valence-electron chi connectivity index (χ1n) is 11.9. The van der Waals surface area contributed by atoms with Crippen molar-refractivity contribution < 1.29 is 22.7 Å². The van der Waals surface area contributed by atoms with Gasteiger partial charge in [-0.3, -0.25) is 4.79 Å². The van der Waals surface area contributed by atoms with Crippen LogP contribution in [0.4, 0.5) is 10.1 Å². The van der Waals surface area contributed by atoms with E-state index in [0.717, 1.165) is 36.1 Å². The first kappa shape index (κ1) is 24.7. The van der Waals surface area contributed by atoms with Gasteiger partial charge in [-0.2, -0.15) is 0 Å². The van der Waals surface area contributed by atoms with Crippen molar-refractivity contribution in [3.8, 4) is 0 Å². The molecule has 5 nitrogen and oxygen atoms in total. The minimum atomic E-state index is -3.33. The molecule has 1 heterocycles. The standard InChI is InChI=1S/C27H34FNO4S/c1-26(2)15-24(19-10-18(11-20(28)12-19)14-27(3,4)25(30)31)29-23-9-8-21(13-22(23)26)34(32,33)16-17-6-5-7-17/h8-13,17,24,29H,5-7,14-16H2,1-4H3,(H,30,31). The molecule has 1 aliphatic heterocycles. The van der Waals surface area contributed by atoms with Crippen LogP contribution in [-0.4, -0.2) is 25.2 Å². The number of hydrogen-bond acceptors (Lipinski definition) is 4. The summed E-state index contributed by atoms with van der Waals surface area (Å²) in [4.78, 5) is 11.9. The fourth-order valence-corrected chi connectivity index (χ4v) is 6.81. The number of halogens is 1. The zero-order valence-electron chi connectivity index (χ0n) is 20.3. The van der Waals surface area contributed by atoms with Crippen LogP contribution in [0.15, 0.2) is 41.3 Å². The molecule has 2 aromatic carbocycles. The minimum Gasteiger partial charge on any atom is -0.481 e. The van der Waals surface area contributed by atoms with Gasteiger partial charge in [0, 0.05) is 5.69 Å². The van der Waals surface area contributed by atoms with E-state index in [1.54, 1.807) is 26.0 Å². The number of carboxylic acid groups (broad SMARTS) is 1. The van der Waals surface area contributed by atoms with Crippen LogP contribution >= 0.6 is 0 Å². The quantitative estimate of drug-likeness (QED) is 0.509. The molecular weight excluding hydrogens is 453 g/mol. The van der Waals surface area contributed by atoms with Crippen LogP contribution in [0.2, 0.25) is 0 Å². The van der Waals surface area contributed by atoms with E-state index in [4.69, 9.17) is 0 Å². The predicted molar refractivity (Wildman–Crippen MR) is 131 cm³/mol. The molecule has 4 rings (SSSR count). The summed E-state index contributed by atoms with van der Waals surface area (Å²) in [6, 6.07) is 9.89. The molecule has 34 heavy (non-hydrogen) atoms. The molecule has 1 atom stereocenters. The van der Waals surface area contributed by atoms with Gasteiger partial charge < -0.3 is 10.4 Å². The van der Waals surface area contributed by atoms with Gasteiger partial charge in [-0.1, -0.05) is 26.3 Å². The van der Waals surface area contributed by atoms with Crippen molar-refractivity contribution in [2.75, 3.05) is 11.1 Å². The Hall–Kier alpha value is -2.41. The van der Waals surface area contributed by atoms with E-state index in [-0.39, 0.29) is 29.5 Å². The van der Waals surface area contributed by atoms with Gasteiger partial charge >= 0.3 is 5.97 Å². The minimum absolute atomic E-state index is 0.178. The largest absolute Gasteiger partial charge is 0.481 e. The second-order valence-electron chi connectivity index (χ2n) is 11.3. The predicted octanol–water partition coefficient (Wildman–Crippen LogP) is 5.89. The lowest BCUT2D eigenvalue weighted by atomic mass is 9.74. The van der Waals surface area contributed by atoms with E-state index in [2.05, 4.69) is 19.2 Å². The molecule has 2 aromatic rings. The Balaban J connectivity index is 1.62. The molecule has 7 heteroatoms. The van der Waals surface area contributed by atoms with Crippen LogP contribution in [0.5, 0.6) is 0 Å². The van der Waals surface area contributed by atoms with Crippen LogP contribution in [0.25, 0.3) is 0 Å². The molecule has 1 aliphatic carbocycles. The molecule has 2 N–H and O–H groups in total. The second-order valence-corrected chi connectivity index (χ2v) is 13.4. The number of anilines is 1. The van der Waals surface area contributed by atoms with Crippen molar-refractivity contribution in [3.63, 3.8) is 0 Å². The lowest BCUT2D eigenvalue weighted by Crippen LogP contribution is -2.32. The highest BCUT2D eigenvalue weighted by Gasteiger charge is 2.36. The molecule has 1 saturated carbocycles. The van der Waals surface area contributed by atoms with Gasteiger partial charge in [0.1, 0.15) is 5.82 Å². The Morgan fingerprint density at radius 2 is 1.88 bits per heavy atom. The maximum absolute atomic E-state index is 14.5. The maximum Gasteiger partial charge on any atom is 0.309 e. The van der Waals surface area contributed by atoms with E-state index in [1.165, 1.54) is 12.1 Å². The number of aliphatic carboxylic acids is 1. The summed E-state index contributed by atoms with van der Waals surface area (Å²) >= 11 is 0. The lowest BCUT2D eigenvalue weighted by molar-refractivity contribution is -0.146. The zero-order chi connectivity index (χ0) is 24.9. The number of rotatable bonds is 7. The third-order valence-corrected chi connectivity index (χ3v) is 9.29. The molecule has 0 spiro atoms. The van der Waals surface area contributed by atoms with Gasteiger partial charge in [-0.15, -0.1) is 0 Å². The Kier molecular flexibility index (Phi) is 6.30. The number of benzene rings is 2. The normalized spacial score (nSPS) is 20.2. The average Bonchev–Trinajstić information content (AvgIpc) is 2.69. The first-order valence-corrected chi connectivity index (χ1v) is 13.6. The van der Waals surface area contributed by atoms with Gasteiger partial charge in [-0.05, 0) is 97.9 Å². The van der Waals surface area contributed by atoms with Crippen molar-refractivity contribution in [2.24, 2.45) is 11.3 Å². The third-order valence-electron chi connectivity index (χ3n) is 7.41. The summed E-state index contributed by atoms with van der Waals surface area (Å²) in [5.74, 6) is -0.838. The Morgan fingerprint density at radius 1 is 1.18 bits per heavy atom. The molecule has 0 radical (unpaired) electrons. The SMILES string of the molecule is CC(C)(Cc1cc(F)cc(C2CC(C)(C)c3cc(S(=O)(=O)CC4CCC4)ccc3N2)c1)C(=O)O. The average molecular weight is 488 g/mol. The number of carboxylic acids is 1. The van der Waals surface area contributed by atoms with Gasteiger partial charge in [0.25, 0.3) is 0 Å². The second kappa shape index (κ2) is 8.67. The molecular formula is C27H34FNO4S. The van der Waals surface area contributed by atoms with Crippen molar-refractivity contribution >= 4 is 21.5 Å². The van der Waals surface area contributed by atoms with E-state index < -0.39 is 27.0 Å². The van der Waals surface area contributed by atoms with Gasteiger partial charge in [0.05, 0.1) is 22.1 Å². The van der Waals surface area contributed by atoms with Gasteiger partial charge in [0.2, 0.25) is 0 Å². The fourth-order valence-electron chi connectivity index (χ4n) is 5.09. The van der Waals surface area contributed by atoms with Crippen LogP contribution in [0.1, 0.15) is 76.1 Å². The zero-order valence-corrected chi connectivity index (χ0v) is 21.1. The van der Waals surface area contributed by atoms with Crippen LogP contribution < -0.4 is 5.32 Å². The molecule has 184 valence electrons. The Morgan fingerprint density at radius 3 is 2.50 bits per heavy atom. The molecule has 0 amide bonds. The highest BCUT2D eigenvalue weighted by Crippen LogP contribution is 2.45. The fraction of sp³-hybridized carbons (Fsp3) is 0.519. The van der Waals surface area contributed by atoms with Crippen LogP contribution in [0.3, 0.4) is 0 Å². The van der Waals surface area contributed by atoms with Crippen molar-refractivity contribution in [1.82, 2.24) is 0 Å². The smallest absolute Gasteiger partial charge is 0.309 e. The summed E-state index contributed by atoms with van der Waals surface area (Å²) in [5.41, 5.74) is 1.86. The van der Waals surface area contributed by atoms with Crippen molar-refractivity contribution in [3.05, 3.63) is 58.9 Å². The topological polar surface area (TPSA) is 83.5 Å². The van der Waals surface area contributed by atoms with E-state index >= 15 is 0 Å². The highest BCUT2D eigenvalue weighted by atomic mass is 32.2. The van der Waals surface area contributed by atoms with Gasteiger partial charge in [0.15, 0.2) is 9.84 Å². The summed E-state index contributed by atoms with van der Waals surface area (Å²) in [5, 5.41) is 12.9. The third kappa shape index (κ3) is 4.99. The highest BCUT2D eigenvalue weighted by molar-refractivity contribution is 7.91. The first-order chi connectivity index (χ1) is 15.8. The monoisotopic (exact) mass is 487 g/mol. The van der Waals surface area contributed by atoms with E-state index in [0.29, 0.717) is 16.9 Å². The molecule has 2 aliphatic rings. The van der Waals surface area contributed by atoms with E-state index in [9.17, 15) is 22.7 Å². The molecule has 0 bridgehead atoms. The maximum atomic E-state index is 14.5. The molecule has 1 unspecified atom stereocenters. The molecule has 1 fully saturated rings. The van der Waals surface area contributed by atoms with E-state index in [1.807, 2.05) is 12.1 Å². The molecule has 0 saturated heterocycles. The van der Waals surface area contributed by atoms with Crippen LogP contribution in [-0.2, 0) is 26.5 Å². The summed E-state index contributed by atoms with van der Waals surface area (Å²) in [7, 11) is -3.33. The molecule has 0 aromatic heterocycles. The number of nitrogens with one attached hydrogen (secondary N) is 1. The van der Waals surface area contributed by atoms with Gasteiger partial charge in [-0.25, -0.2) is 12.8 Å². The Labute approximate surface area is 201 Å². The number of carbonyl (C=O) groups is 1. The van der Waals surface area contributed by atoms with Crippen LogP contribution in [0, 0.1) is 17.2 Å². The van der Waals surface area contributed by atoms with Crippen molar-refractivity contribution in [1.29, 1.82) is 0 Å². The lowest BCUT2D eigenvalue weighted by Gasteiger charge is -2.39.